The highest BCUT2D eigenvalue weighted by molar-refractivity contribution is 5.79. The maximum absolute atomic E-state index is 5.69. The number of morpholine rings is 1. The number of nitrogens with zero attached hydrogens (tertiary/aromatic N) is 3. The van der Waals surface area contributed by atoms with E-state index in [-0.39, 0.29) is 0 Å². The molecule has 1 saturated carbocycles. The Bertz CT molecular complexity index is 583. The maximum Gasteiger partial charge on any atom is 0.213 e. The van der Waals surface area contributed by atoms with Crippen LogP contribution in [-0.2, 0) is 11.3 Å². The standard InChI is InChI=1S/C20H33N5O2/c1-3-21-20(23-12-16(2)25-8-10-26-11-9-25)24-14-18-6-7-19(22-13-18)27-15-17-4-5-17/h6-7,13,16-17H,3-5,8-12,14-15H2,1-2H3,(H2,21,23,24). The third-order valence-corrected chi connectivity index (χ3v) is 4.96. The molecular weight excluding hydrogens is 342 g/mol. The van der Waals surface area contributed by atoms with Gasteiger partial charge in [-0.15, -0.1) is 0 Å². The van der Waals surface area contributed by atoms with Crippen LogP contribution in [0.1, 0.15) is 32.3 Å². The Morgan fingerprint density at radius 1 is 1.33 bits per heavy atom. The van der Waals surface area contributed by atoms with E-state index in [2.05, 4.69) is 39.4 Å². The average molecular weight is 376 g/mol. The smallest absolute Gasteiger partial charge is 0.213 e. The lowest BCUT2D eigenvalue weighted by molar-refractivity contribution is 0.0211. The summed E-state index contributed by atoms with van der Waals surface area (Å²) in [5.41, 5.74) is 1.08. The van der Waals surface area contributed by atoms with Gasteiger partial charge in [0.25, 0.3) is 0 Å². The summed E-state index contributed by atoms with van der Waals surface area (Å²) in [6.45, 7) is 11.0. The first-order valence-electron chi connectivity index (χ1n) is 10.2. The van der Waals surface area contributed by atoms with Crippen molar-refractivity contribution in [3.8, 4) is 5.88 Å². The van der Waals surface area contributed by atoms with Crippen molar-refractivity contribution in [2.24, 2.45) is 10.9 Å². The summed E-state index contributed by atoms with van der Waals surface area (Å²) < 4.78 is 11.1. The summed E-state index contributed by atoms with van der Waals surface area (Å²) in [4.78, 5) is 11.5. The first kappa shape index (κ1) is 19.9. The van der Waals surface area contributed by atoms with Crippen molar-refractivity contribution in [1.29, 1.82) is 0 Å². The Labute approximate surface area is 162 Å². The van der Waals surface area contributed by atoms with E-state index in [1.165, 1.54) is 12.8 Å². The van der Waals surface area contributed by atoms with Gasteiger partial charge < -0.3 is 20.1 Å². The summed E-state index contributed by atoms with van der Waals surface area (Å²) in [6.07, 6.45) is 4.43. The summed E-state index contributed by atoms with van der Waals surface area (Å²) in [6, 6.07) is 4.43. The molecule has 1 aromatic heterocycles. The van der Waals surface area contributed by atoms with Crippen LogP contribution in [0.2, 0.25) is 0 Å². The molecule has 0 radical (unpaired) electrons. The lowest BCUT2D eigenvalue weighted by Crippen LogP contribution is -2.49. The number of guanidine groups is 1. The van der Waals surface area contributed by atoms with E-state index in [1.54, 1.807) is 0 Å². The second-order valence-corrected chi connectivity index (χ2v) is 7.33. The summed E-state index contributed by atoms with van der Waals surface area (Å²) in [5.74, 6) is 2.29. The fourth-order valence-corrected chi connectivity index (χ4v) is 2.98. The molecular formula is C20H33N5O2. The quantitative estimate of drug-likeness (QED) is 0.505. The molecule has 1 atom stereocenters. The van der Waals surface area contributed by atoms with Gasteiger partial charge in [0.15, 0.2) is 5.96 Å². The predicted octanol–water partition coefficient (Wildman–Crippen LogP) is 1.65. The van der Waals surface area contributed by atoms with Crippen LogP contribution in [0.25, 0.3) is 0 Å². The molecule has 1 unspecified atom stereocenters. The predicted molar refractivity (Wildman–Crippen MR) is 107 cm³/mol. The van der Waals surface area contributed by atoms with Crippen molar-refractivity contribution >= 4 is 5.96 Å². The van der Waals surface area contributed by atoms with Crippen molar-refractivity contribution < 1.29 is 9.47 Å². The molecule has 0 aromatic carbocycles. The van der Waals surface area contributed by atoms with E-state index >= 15 is 0 Å². The Kier molecular flexibility index (Phi) is 7.71. The molecule has 1 saturated heterocycles. The van der Waals surface area contributed by atoms with Gasteiger partial charge in [-0.2, -0.15) is 0 Å². The zero-order valence-electron chi connectivity index (χ0n) is 16.6. The number of ether oxygens (including phenoxy) is 2. The van der Waals surface area contributed by atoms with E-state index < -0.39 is 0 Å². The van der Waals surface area contributed by atoms with Crippen molar-refractivity contribution in [3.05, 3.63) is 23.9 Å². The molecule has 1 aliphatic carbocycles. The highest BCUT2D eigenvalue weighted by Gasteiger charge is 2.22. The molecule has 2 fully saturated rings. The van der Waals surface area contributed by atoms with Crippen LogP contribution in [0.15, 0.2) is 23.3 Å². The van der Waals surface area contributed by atoms with Gasteiger partial charge in [0, 0.05) is 44.5 Å². The Morgan fingerprint density at radius 2 is 2.15 bits per heavy atom. The van der Waals surface area contributed by atoms with Gasteiger partial charge >= 0.3 is 0 Å². The van der Waals surface area contributed by atoms with Crippen LogP contribution in [-0.4, -0.2) is 67.9 Å². The molecule has 0 spiro atoms. The Balaban J connectivity index is 1.45. The van der Waals surface area contributed by atoms with Gasteiger partial charge in [0.2, 0.25) is 5.88 Å². The topological polar surface area (TPSA) is 71.0 Å². The number of hydrogen-bond donors (Lipinski definition) is 2. The van der Waals surface area contributed by atoms with Crippen molar-refractivity contribution in [2.75, 3.05) is 46.0 Å². The Hall–Kier alpha value is -1.86. The van der Waals surface area contributed by atoms with Crippen LogP contribution in [0.5, 0.6) is 5.88 Å². The summed E-state index contributed by atoms with van der Waals surface area (Å²) >= 11 is 0. The van der Waals surface area contributed by atoms with E-state index in [4.69, 9.17) is 9.47 Å². The number of hydrogen-bond acceptors (Lipinski definition) is 5. The summed E-state index contributed by atoms with van der Waals surface area (Å²) in [7, 11) is 0. The first-order valence-corrected chi connectivity index (χ1v) is 10.2. The third kappa shape index (κ3) is 6.99. The van der Waals surface area contributed by atoms with Crippen LogP contribution >= 0.6 is 0 Å². The number of aromatic nitrogens is 1. The maximum atomic E-state index is 5.69. The molecule has 1 aliphatic heterocycles. The van der Waals surface area contributed by atoms with Gasteiger partial charge in [-0.25, -0.2) is 9.98 Å². The molecule has 2 N–H and O–H groups in total. The zero-order chi connectivity index (χ0) is 18.9. The van der Waals surface area contributed by atoms with Crippen molar-refractivity contribution in [1.82, 2.24) is 20.5 Å². The molecule has 27 heavy (non-hydrogen) atoms. The number of aliphatic imine (C=N–C) groups is 1. The van der Waals surface area contributed by atoms with E-state index in [0.29, 0.717) is 18.5 Å². The molecule has 150 valence electrons. The molecule has 0 amide bonds. The highest BCUT2D eigenvalue weighted by Crippen LogP contribution is 2.29. The Morgan fingerprint density at radius 3 is 2.81 bits per heavy atom. The van der Waals surface area contributed by atoms with Gasteiger partial charge in [-0.3, -0.25) is 4.90 Å². The zero-order valence-corrected chi connectivity index (χ0v) is 16.6. The second kappa shape index (κ2) is 10.5. The van der Waals surface area contributed by atoms with Crippen LogP contribution in [0.4, 0.5) is 0 Å². The normalized spacial score (nSPS) is 19.6. The molecule has 3 rings (SSSR count). The summed E-state index contributed by atoms with van der Waals surface area (Å²) in [5, 5.41) is 6.76. The number of pyridine rings is 1. The highest BCUT2D eigenvalue weighted by atomic mass is 16.5. The molecule has 7 heteroatoms. The molecule has 1 aromatic rings. The molecule has 7 nitrogen and oxygen atoms in total. The fraction of sp³-hybridized carbons (Fsp3) is 0.700. The minimum atomic E-state index is 0.447. The van der Waals surface area contributed by atoms with Crippen LogP contribution in [0.3, 0.4) is 0 Å². The van der Waals surface area contributed by atoms with E-state index in [0.717, 1.165) is 63.4 Å². The first-order chi connectivity index (χ1) is 13.2. The lowest BCUT2D eigenvalue weighted by atomic mass is 10.2. The monoisotopic (exact) mass is 375 g/mol. The van der Waals surface area contributed by atoms with Crippen molar-refractivity contribution in [2.45, 2.75) is 39.3 Å². The lowest BCUT2D eigenvalue weighted by Gasteiger charge is -2.32. The third-order valence-electron chi connectivity index (χ3n) is 4.96. The number of nitrogens with one attached hydrogen (secondary N) is 2. The largest absolute Gasteiger partial charge is 0.477 e. The minimum Gasteiger partial charge on any atom is -0.477 e. The molecule has 0 bridgehead atoms. The fourth-order valence-electron chi connectivity index (χ4n) is 2.98. The van der Waals surface area contributed by atoms with E-state index in [9.17, 15) is 0 Å². The van der Waals surface area contributed by atoms with Gasteiger partial charge in [-0.1, -0.05) is 6.07 Å². The SMILES string of the molecule is CCNC(=NCc1ccc(OCC2CC2)nc1)NCC(C)N1CCOCC1. The second-order valence-electron chi connectivity index (χ2n) is 7.33. The molecule has 2 aliphatic rings. The van der Waals surface area contributed by atoms with Crippen molar-refractivity contribution in [3.63, 3.8) is 0 Å². The van der Waals surface area contributed by atoms with Crippen LogP contribution < -0.4 is 15.4 Å². The van der Waals surface area contributed by atoms with Gasteiger partial charge in [0.1, 0.15) is 0 Å². The van der Waals surface area contributed by atoms with Gasteiger partial charge in [-0.05, 0) is 38.2 Å². The molecule has 2 heterocycles. The minimum absolute atomic E-state index is 0.447. The average Bonchev–Trinajstić information content (AvgIpc) is 3.54. The van der Waals surface area contributed by atoms with E-state index in [1.807, 2.05) is 18.3 Å². The van der Waals surface area contributed by atoms with Crippen LogP contribution in [0, 0.1) is 5.92 Å². The van der Waals surface area contributed by atoms with Gasteiger partial charge in [0.05, 0.1) is 26.4 Å². The number of rotatable bonds is 9.